The number of phenols is 1. The molecule has 0 saturated carbocycles. The highest BCUT2D eigenvalue weighted by Crippen LogP contribution is 2.41. The Kier molecular flexibility index (Phi) is 2.94. The Balaban J connectivity index is 2.08. The van der Waals surface area contributed by atoms with Gasteiger partial charge in [0.05, 0.1) is 5.69 Å². The van der Waals surface area contributed by atoms with Crippen LogP contribution in [0.25, 0.3) is 0 Å². The minimum absolute atomic E-state index is 0.0138. The van der Waals surface area contributed by atoms with Gasteiger partial charge in [-0.15, -0.1) is 0 Å². The molecule has 1 amide bonds. The molecule has 5 nitrogen and oxygen atoms in total. The SMILES string of the molecule is NC(=O)C1(Nc2ccccc2F)COc2cc(O)ccc21. The third kappa shape index (κ3) is 2.05. The second-order valence-corrected chi connectivity index (χ2v) is 4.84. The molecule has 0 saturated heterocycles. The highest BCUT2D eigenvalue weighted by Gasteiger charge is 2.46. The smallest absolute Gasteiger partial charge is 0.251 e. The molecule has 0 spiro atoms. The molecule has 108 valence electrons. The van der Waals surface area contributed by atoms with E-state index in [0.29, 0.717) is 11.3 Å². The summed E-state index contributed by atoms with van der Waals surface area (Å²) in [5.41, 5.74) is 4.77. The van der Waals surface area contributed by atoms with Gasteiger partial charge in [-0.25, -0.2) is 4.39 Å². The van der Waals surface area contributed by atoms with Crippen LogP contribution in [0.1, 0.15) is 5.56 Å². The quantitative estimate of drug-likeness (QED) is 0.803. The van der Waals surface area contributed by atoms with Crippen LogP contribution in [0.5, 0.6) is 11.5 Å². The first-order valence-corrected chi connectivity index (χ1v) is 6.32. The summed E-state index contributed by atoms with van der Waals surface area (Å²) in [7, 11) is 0. The van der Waals surface area contributed by atoms with Crippen molar-refractivity contribution in [1.29, 1.82) is 0 Å². The lowest BCUT2D eigenvalue weighted by Gasteiger charge is -2.27. The normalized spacial score (nSPS) is 19.7. The van der Waals surface area contributed by atoms with Gasteiger partial charge < -0.3 is 20.9 Å². The maximum atomic E-state index is 13.8. The van der Waals surface area contributed by atoms with Crippen LogP contribution in [-0.2, 0) is 10.3 Å². The minimum Gasteiger partial charge on any atom is -0.508 e. The van der Waals surface area contributed by atoms with Gasteiger partial charge in [-0.05, 0) is 24.3 Å². The molecule has 2 aromatic rings. The molecule has 0 radical (unpaired) electrons. The van der Waals surface area contributed by atoms with Gasteiger partial charge in [0.2, 0.25) is 0 Å². The molecule has 2 aromatic carbocycles. The van der Waals surface area contributed by atoms with Crippen LogP contribution in [0, 0.1) is 5.82 Å². The van der Waals surface area contributed by atoms with E-state index in [1.54, 1.807) is 12.1 Å². The largest absolute Gasteiger partial charge is 0.508 e. The number of aromatic hydroxyl groups is 1. The molecule has 21 heavy (non-hydrogen) atoms. The average Bonchev–Trinajstić information content (AvgIpc) is 2.81. The van der Waals surface area contributed by atoms with Gasteiger partial charge >= 0.3 is 0 Å². The molecule has 1 heterocycles. The van der Waals surface area contributed by atoms with Crippen molar-refractivity contribution in [1.82, 2.24) is 0 Å². The molecule has 4 N–H and O–H groups in total. The molecule has 1 aliphatic rings. The number of amides is 1. The number of fused-ring (bicyclic) bond motifs is 1. The van der Waals surface area contributed by atoms with Crippen LogP contribution in [0.4, 0.5) is 10.1 Å². The first kappa shape index (κ1) is 13.2. The zero-order valence-electron chi connectivity index (χ0n) is 11.0. The average molecular weight is 288 g/mol. The number of rotatable bonds is 3. The van der Waals surface area contributed by atoms with Crippen molar-refractivity contribution >= 4 is 11.6 Å². The molecule has 1 aliphatic heterocycles. The van der Waals surface area contributed by atoms with E-state index in [2.05, 4.69) is 5.32 Å². The molecule has 6 heteroatoms. The van der Waals surface area contributed by atoms with E-state index in [-0.39, 0.29) is 18.0 Å². The lowest BCUT2D eigenvalue weighted by atomic mass is 9.90. The van der Waals surface area contributed by atoms with Crippen LogP contribution in [0.15, 0.2) is 42.5 Å². The van der Waals surface area contributed by atoms with Gasteiger partial charge in [-0.1, -0.05) is 12.1 Å². The summed E-state index contributed by atoms with van der Waals surface area (Å²) in [6.45, 7) is -0.0740. The summed E-state index contributed by atoms with van der Waals surface area (Å²) < 4.78 is 19.2. The number of hydrogen-bond acceptors (Lipinski definition) is 4. The van der Waals surface area contributed by atoms with Gasteiger partial charge in [-0.3, -0.25) is 4.79 Å². The van der Waals surface area contributed by atoms with Gasteiger partial charge in [0.15, 0.2) is 5.54 Å². The van der Waals surface area contributed by atoms with Crippen LogP contribution >= 0.6 is 0 Å². The Morgan fingerprint density at radius 3 is 2.81 bits per heavy atom. The number of nitrogens with one attached hydrogen (secondary N) is 1. The van der Waals surface area contributed by atoms with E-state index in [1.807, 2.05) is 0 Å². The van der Waals surface area contributed by atoms with Crippen LogP contribution in [-0.4, -0.2) is 17.6 Å². The Labute approximate surface area is 120 Å². The fourth-order valence-electron chi connectivity index (χ4n) is 2.41. The third-order valence-corrected chi connectivity index (χ3v) is 3.51. The molecular weight excluding hydrogens is 275 g/mol. The molecule has 3 rings (SSSR count). The number of carbonyl (C=O) groups excluding carboxylic acids is 1. The van der Waals surface area contributed by atoms with E-state index in [1.165, 1.54) is 30.3 Å². The summed E-state index contributed by atoms with van der Waals surface area (Å²) in [4.78, 5) is 12.0. The first-order chi connectivity index (χ1) is 10.0. The maximum Gasteiger partial charge on any atom is 0.251 e. The predicted octanol–water partition coefficient (Wildman–Crippen LogP) is 1.72. The molecule has 0 fully saturated rings. The van der Waals surface area contributed by atoms with Crippen molar-refractivity contribution in [2.24, 2.45) is 5.73 Å². The van der Waals surface area contributed by atoms with E-state index in [4.69, 9.17) is 10.5 Å². The van der Waals surface area contributed by atoms with E-state index in [9.17, 15) is 14.3 Å². The Hall–Kier alpha value is -2.76. The Morgan fingerprint density at radius 1 is 1.33 bits per heavy atom. The number of halogens is 1. The van der Waals surface area contributed by atoms with E-state index < -0.39 is 17.3 Å². The second kappa shape index (κ2) is 4.66. The maximum absolute atomic E-state index is 13.8. The molecule has 1 atom stereocenters. The molecule has 0 aromatic heterocycles. The summed E-state index contributed by atoms with van der Waals surface area (Å²) in [5, 5.41) is 12.3. The lowest BCUT2D eigenvalue weighted by molar-refractivity contribution is -0.122. The Morgan fingerprint density at radius 2 is 2.10 bits per heavy atom. The van der Waals surface area contributed by atoms with Crippen molar-refractivity contribution in [3.8, 4) is 11.5 Å². The summed E-state index contributed by atoms with van der Waals surface area (Å²) >= 11 is 0. The summed E-state index contributed by atoms with van der Waals surface area (Å²) in [6.07, 6.45) is 0. The van der Waals surface area contributed by atoms with Crippen LogP contribution in [0.2, 0.25) is 0 Å². The highest BCUT2D eigenvalue weighted by atomic mass is 19.1. The molecule has 0 bridgehead atoms. The molecule has 1 unspecified atom stereocenters. The second-order valence-electron chi connectivity index (χ2n) is 4.84. The van der Waals surface area contributed by atoms with Crippen LogP contribution in [0.3, 0.4) is 0 Å². The monoisotopic (exact) mass is 288 g/mol. The number of anilines is 1. The van der Waals surface area contributed by atoms with Crippen LogP contribution < -0.4 is 15.8 Å². The zero-order chi connectivity index (χ0) is 15.0. The van der Waals surface area contributed by atoms with Crippen molar-refractivity contribution in [3.63, 3.8) is 0 Å². The van der Waals surface area contributed by atoms with Gasteiger partial charge in [0, 0.05) is 11.6 Å². The van der Waals surface area contributed by atoms with Gasteiger partial charge in [0.1, 0.15) is 23.9 Å². The number of hydrogen-bond donors (Lipinski definition) is 3. The lowest BCUT2D eigenvalue weighted by Crippen LogP contribution is -2.49. The minimum atomic E-state index is -1.37. The first-order valence-electron chi connectivity index (χ1n) is 6.32. The standard InChI is InChI=1S/C15H13FN2O3/c16-11-3-1-2-4-12(11)18-15(14(17)20)8-21-13-7-9(19)5-6-10(13)15/h1-7,18-19H,8H2,(H2,17,20). The van der Waals surface area contributed by atoms with Gasteiger partial charge in [-0.2, -0.15) is 0 Å². The number of primary amides is 1. The fraction of sp³-hybridized carbons (Fsp3) is 0.133. The van der Waals surface area contributed by atoms with Crippen molar-refractivity contribution in [3.05, 3.63) is 53.8 Å². The van der Waals surface area contributed by atoms with Crippen molar-refractivity contribution in [2.45, 2.75) is 5.54 Å². The van der Waals surface area contributed by atoms with E-state index >= 15 is 0 Å². The van der Waals surface area contributed by atoms with Gasteiger partial charge in [0.25, 0.3) is 5.91 Å². The van der Waals surface area contributed by atoms with Crippen molar-refractivity contribution < 1.29 is 19.0 Å². The summed E-state index contributed by atoms with van der Waals surface area (Å²) in [5.74, 6) is -0.821. The van der Waals surface area contributed by atoms with E-state index in [0.717, 1.165) is 0 Å². The zero-order valence-corrected chi connectivity index (χ0v) is 11.0. The predicted molar refractivity (Wildman–Crippen MR) is 74.5 cm³/mol. The highest BCUT2D eigenvalue weighted by molar-refractivity contribution is 5.91. The number of phenolic OH excluding ortho intramolecular Hbond substituents is 1. The number of carbonyl (C=O) groups is 1. The number of benzene rings is 2. The third-order valence-electron chi connectivity index (χ3n) is 3.51. The molecular formula is C15H13FN2O3. The molecule has 0 aliphatic carbocycles. The van der Waals surface area contributed by atoms with Crippen molar-refractivity contribution in [2.75, 3.05) is 11.9 Å². The number of para-hydroxylation sites is 1. The summed E-state index contributed by atoms with van der Waals surface area (Å²) in [6, 6.07) is 10.3. The number of nitrogens with two attached hydrogens (primary N) is 1. The Bertz CT molecular complexity index is 720. The topological polar surface area (TPSA) is 84.6 Å². The number of ether oxygens (including phenoxy) is 1. The fourth-order valence-corrected chi connectivity index (χ4v) is 2.41.